The van der Waals surface area contributed by atoms with E-state index in [0.717, 1.165) is 19.4 Å². The lowest BCUT2D eigenvalue weighted by Crippen LogP contribution is -2.29. The van der Waals surface area contributed by atoms with Crippen molar-refractivity contribution in [2.45, 2.75) is 77.7 Å². The van der Waals surface area contributed by atoms with E-state index in [0.29, 0.717) is 6.04 Å². The maximum absolute atomic E-state index is 5.32. The lowest BCUT2D eigenvalue weighted by Gasteiger charge is -2.17. The van der Waals surface area contributed by atoms with Crippen LogP contribution in [0.3, 0.4) is 0 Å². The summed E-state index contributed by atoms with van der Waals surface area (Å²) in [4.78, 5) is 0. The van der Waals surface area contributed by atoms with Crippen molar-refractivity contribution in [3.8, 4) is 12.3 Å². The third kappa shape index (κ3) is 10.1. The van der Waals surface area contributed by atoms with Crippen molar-refractivity contribution in [2.24, 2.45) is 0 Å². The Bertz CT molecular complexity index is 169. The maximum atomic E-state index is 5.32. The number of unbranched alkanes of at least 4 members (excludes halogenated alkanes) is 4. The van der Waals surface area contributed by atoms with Crippen LogP contribution < -0.4 is 5.32 Å². The molecule has 0 aromatic carbocycles. The molecule has 0 aliphatic carbocycles. The first kappa shape index (κ1) is 15.5. The van der Waals surface area contributed by atoms with Gasteiger partial charge in [-0.1, -0.05) is 46.0 Å². The molecule has 0 saturated carbocycles. The first-order chi connectivity index (χ1) is 7.85. The summed E-state index contributed by atoms with van der Waals surface area (Å²) < 4.78 is 0. The van der Waals surface area contributed by atoms with Gasteiger partial charge >= 0.3 is 0 Å². The zero-order valence-corrected chi connectivity index (χ0v) is 11.2. The average molecular weight is 223 g/mol. The molecule has 16 heavy (non-hydrogen) atoms. The van der Waals surface area contributed by atoms with Crippen molar-refractivity contribution in [1.82, 2.24) is 5.32 Å². The molecule has 1 nitrogen and oxygen atoms in total. The Morgan fingerprint density at radius 2 is 1.75 bits per heavy atom. The van der Waals surface area contributed by atoms with E-state index < -0.39 is 0 Å². The molecular weight excluding hydrogens is 194 g/mol. The smallest absolute Gasteiger partial charge is 0.0101 e. The zero-order chi connectivity index (χ0) is 12.1. The molecule has 0 saturated heterocycles. The zero-order valence-electron chi connectivity index (χ0n) is 11.2. The second-order valence-electron chi connectivity index (χ2n) is 4.60. The first-order valence-electron chi connectivity index (χ1n) is 7.02. The predicted molar refractivity (Wildman–Crippen MR) is 73.5 cm³/mol. The Balaban J connectivity index is 3.53. The maximum Gasteiger partial charge on any atom is 0.0101 e. The summed E-state index contributed by atoms with van der Waals surface area (Å²) in [6.07, 6.45) is 16.7. The van der Waals surface area contributed by atoms with Crippen LogP contribution in [-0.2, 0) is 0 Å². The minimum Gasteiger partial charge on any atom is -0.314 e. The van der Waals surface area contributed by atoms with Gasteiger partial charge < -0.3 is 5.32 Å². The average Bonchev–Trinajstić information content (AvgIpc) is 2.31. The molecule has 1 N–H and O–H groups in total. The van der Waals surface area contributed by atoms with Crippen LogP contribution in [0.5, 0.6) is 0 Å². The van der Waals surface area contributed by atoms with Gasteiger partial charge in [0.25, 0.3) is 0 Å². The van der Waals surface area contributed by atoms with Crippen LogP contribution in [-0.4, -0.2) is 12.6 Å². The van der Waals surface area contributed by atoms with Crippen LogP contribution in [0.25, 0.3) is 0 Å². The number of hydrogen-bond donors (Lipinski definition) is 1. The van der Waals surface area contributed by atoms with Gasteiger partial charge in [-0.15, -0.1) is 12.3 Å². The molecule has 0 spiro atoms. The van der Waals surface area contributed by atoms with Crippen LogP contribution in [0.1, 0.15) is 71.6 Å². The molecule has 1 unspecified atom stereocenters. The van der Waals surface area contributed by atoms with Crippen LogP contribution >= 0.6 is 0 Å². The van der Waals surface area contributed by atoms with Crippen LogP contribution in [0.4, 0.5) is 0 Å². The Hall–Kier alpha value is -0.480. The van der Waals surface area contributed by atoms with Gasteiger partial charge in [0.15, 0.2) is 0 Å². The third-order valence-electron chi connectivity index (χ3n) is 2.98. The fourth-order valence-electron chi connectivity index (χ4n) is 1.95. The molecule has 94 valence electrons. The normalized spacial score (nSPS) is 12.3. The highest BCUT2D eigenvalue weighted by atomic mass is 14.9. The van der Waals surface area contributed by atoms with Gasteiger partial charge in [0.1, 0.15) is 0 Å². The molecule has 0 bridgehead atoms. The van der Waals surface area contributed by atoms with Crippen LogP contribution in [0.15, 0.2) is 0 Å². The molecule has 0 heterocycles. The summed E-state index contributed by atoms with van der Waals surface area (Å²) in [6, 6.07) is 0.651. The second kappa shape index (κ2) is 12.6. The Kier molecular flexibility index (Phi) is 12.2. The van der Waals surface area contributed by atoms with Gasteiger partial charge in [0, 0.05) is 12.5 Å². The Morgan fingerprint density at radius 1 is 1.00 bits per heavy atom. The number of nitrogens with one attached hydrogen (secondary N) is 1. The molecule has 0 aliphatic rings. The number of rotatable bonds is 11. The van der Waals surface area contributed by atoms with Gasteiger partial charge in [-0.3, -0.25) is 0 Å². The van der Waals surface area contributed by atoms with Gasteiger partial charge in [0.05, 0.1) is 0 Å². The fraction of sp³-hybridized carbons (Fsp3) is 0.867. The summed E-state index contributed by atoms with van der Waals surface area (Å²) in [5.41, 5.74) is 0. The number of terminal acetylenes is 1. The highest BCUT2D eigenvalue weighted by Gasteiger charge is 2.05. The molecule has 0 fully saturated rings. The number of hydrogen-bond acceptors (Lipinski definition) is 1. The summed E-state index contributed by atoms with van der Waals surface area (Å²) >= 11 is 0. The van der Waals surface area contributed by atoms with Crippen molar-refractivity contribution in [2.75, 3.05) is 6.54 Å². The predicted octanol–water partition coefficient (Wildman–Crippen LogP) is 4.13. The van der Waals surface area contributed by atoms with E-state index in [-0.39, 0.29) is 0 Å². The fourth-order valence-corrected chi connectivity index (χ4v) is 1.95. The summed E-state index contributed by atoms with van der Waals surface area (Å²) in [5.74, 6) is 2.75. The Morgan fingerprint density at radius 3 is 2.38 bits per heavy atom. The van der Waals surface area contributed by atoms with E-state index >= 15 is 0 Å². The summed E-state index contributed by atoms with van der Waals surface area (Å²) in [5, 5.41) is 3.60. The molecular formula is C15H29N. The second-order valence-corrected chi connectivity index (χ2v) is 4.60. The molecule has 0 rings (SSSR count). The summed E-state index contributed by atoms with van der Waals surface area (Å²) in [6.45, 7) is 5.61. The largest absolute Gasteiger partial charge is 0.314 e. The molecule has 0 aliphatic heterocycles. The van der Waals surface area contributed by atoms with E-state index in [9.17, 15) is 0 Å². The SMILES string of the molecule is C#CCCC(CCCCCCC)NCCC. The Labute approximate surface area is 102 Å². The monoisotopic (exact) mass is 223 g/mol. The van der Waals surface area contributed by atoms with Crippen molar-refractivity contribution < 1.29 is 0 Å². The van der Waals surface area contributed by atoms with Crippen molar-refractivity contribution in [3.63, 3.8) is 0 Å². The van der Waals surface area contributed by atoms with E-state index in [1.54, 1.807) is 0 Å². The standard InChI is InChI=1S/C15H29N/c1-4-7-9-10-11-13-15(12-8-5-2)16-14-6-3/h2,15-16H,4,6-14H2,1,3H3. The lowest BCUT2D eigenvalue weighted by molar-refractivity contribution is 0.435. The van der Waals surface area contributed by atoms with Gasteiger partial charge in [-0.2, -0.15) is 0 Å². The van der Waals surface area contributed by atoms with Gasteiger partial charge in [-0.05, 0) is 25.8 Å². The topological polar surface area (TPSA) is 12.0 Å². The van der Waals surface area contributed by atoms with Crippen molar-refractivity contribution >= 4 is 0 Å². The molecule has 0 aromatic rings. The molecule has 0 amide bonds. The molecule has 1 atom stereocenters. The molecule has 1 heteroatoms. The van der Waals surface area contributed by atoms with Crippen LogP contribution in [0, 0.1) is 12.3 Å². The van der Waals surface area contributed by atoms with Crippen molar-refractivity contribution in [1.29, 1.82) is 0 Å². The van der Waals surface area contributed by atoms with E-state index in [1.165, 1.54) is 44.9 Å². The first-order valence-corrected chi connectivity index (χ1v) is 7.02. The van der Waals surface area contributed by atoms with Crippen LogP contribution in [0.2, 0.25) is 0 Å². The highest BCUT2D eigenvalue weighted by molar-refractivity contribution is 4.85. The van der Waals surface area contributed by atoms with Gasteiger partial charge in [-0.25, -0.2) is 0 Å². The minimum absolute atomic E-state index is 0.651. The molecule has 0 aromatic heterocycles. The highest BCUT2D eigenvalue weighted by Crippen LogP contribution is 2.10. The van der Waals surface area contributed by atoms with Gasteiger partial charge in [0.2, 0.25) is 0 Å². The van der Waals surface area contributed by atoms with E-state index in [4.69, 9.17) is 6.42 Å². The van der Waals surface area contributed by atoms with Crippen molar-refractivity contribution in [3.05, 3.63) is 0 Å². The quantitative estimate of drug-likeness (QED) is 0.410. The summed E-state index contributed by atoms with van der Waals surface area (Å²) in [7, 11) is 0. The minimum atomic E-state index is 0.651. The van der Waals surface area contributed by atoms with E-state index in [1.807, 2.05) is 0 Å². The van der Waals surface area contributed by atoms with E-state index in [2.05, 4.69) is 25.1 Å². The third-order valence-corrected chi connectivity index (χ3v) is 2.98. The molecule has 0 radical (unpaired) electrons. The lowest BCUT2D eigenvalue weighted by atomic mass is 10.0.